The number of thiophene rings is 1. The largest absolute Gasteiger partial charge is 0.573 e. The smallest absolute Gasteiger partial charge is 0.406 e. The molecule has 0 saturated heterocycles. The van der Waals surface area contributed by atoms with Gasteiger partial charge in [-0.25, -0.2) is 0 Å². The molecule has 1 amide bonds. The first kappa shape index (κ1) is 14.9. The zero-order valence-electron chi connectivity index (χ0n) is 11.3. The molecule has 1 fully saturated rings. The van der Waals surface area contributed by atoms with Gasteiger partial charge < -0.3 is 10.1 Å². The fraction of sp³-hybridized carbons (Fsp3) is 0.267. The van der Waals surface area contributed by atoms with Crippen molar-refractivity contribution in [3.8, 4) is 16.9 Å². The standard InChI is InChI=1S/C15H12F3NO2S/c16-15(17,18)21-12-5-1-9(2-6-12)10-7-13(22-8-10)14(20)19-11-3-4-11/h1-2,5-8,11H,3-4H2,(H,19,20). The van der Waals surface area contributed by atoms with Crippen LogP contribution in [0.5, 0.6) is 5.75 Å². The predicted molar refractivity (Wildman–Crippen MR) is 76.9 cm³/mol. The number of ether oxygens (including phenoxy) is 1. The molecule has 0 radical (unpaired) electrons. The fourth-order valence-corrected chi connectivity index (χ4v) is 2.76. The SMILES string of the molecule is O=C(NC1CC1)c1cc(-c2ccc(OC(F)(F)F)cc2)cs1. The van der Waals surface area contributed by atoms with Gasteiger partial charge in [0.25, 0.3) is 5.91 Å². The molecule has 22 heavy (non-hydrogen) atoms. The molecule has 0 spiro atoms. The van der Waals surface area contributed by atoms with Crippen molar-refractivity contribution in [2.24, 2.45) is 0 Å². The quantitative estimate of drug-likeness (QED) is 0.914. The van der Waals surface area contributed by atoms with Gasteiger partial charge in [0.1, 0.15) is 5.75 Å². The number of benzene rings is 1. The molecule has 1 aromatic carbocycles. The number of carbonyl (C=O) groups excluding carboxylic acids is 1. The van der Waals surface area contributed by atoms with E-state index in [4.69, 9.17) is 0 Å². The van der Waals surface area contributed by atoms with Crippen LogP contribution in [0.25, 0.3) is 11.1 Å². The molecule has 2 aromatic rings. The van der Waals surface area contributed by atoms with Gasteiger partial charge in [-0.3, -0.25) is 4.79 Å². The van der Waals surface area contributed by atoms with Crippen molar-refractivity contribution in [2.75, 3.05) is 0 Å². The van der Waals surface area contributed by atoms with Crippen molar-refractivity contribution >= 4 is 17.2 Å². The Balaban J connectivity index is 1.71. The topological polar surface area (TPSA) is 38.3 Å². The monoisotopic (exact) mass is 327 g/mol. The van der Waals surface area contributed by atoms with Crippen molar-refractivity contribution in [3.05, 3.63) is 40.6 Å². The summed E-state index contributed by atoms with van der Waals surface area (Å²) in [4.78, 5) is 12.5. The van der Waals surface area contributed by atoms with E-state index in [1.807, 2.05) is 0 Å². The van der Waals surface area contributed by atoms with Crippen LogP contribution in [0.15, 0.2) is 35.7 Å². The number of nitrogens with one attached hydrogen (secondary N) is 1. The van der Waals surface area contributed by atoms with Gasteiger partial charge in [-0.1, -0.05) is 12.1 Å². The van der Waals surface area contributed by atoms with Crippen LogP contribution in [-0.4, -0.2) is 18.3 Å². The Morgan fingerprint density at radius 2 is 1.86 bits per heavy atom. The number of halogens is 3. The third-order valence-electron chi connectivity index (χ3n) is 3.16. The Kier molecular flexibility index (Phi) is 3.82. The minimum atomic E-state index is -4.70. The minimum Gasteiger partial charge on any atom is -0.406 e. The summed E-state index contributed by atoms with van der Waals surface area (Å²) in [6.45, 7) is 0. The average Bonchev–Trinajstić information content (AvgIpc) is 3.11. The van der Waals surface area contributed by atoms with Crippen LogP contribution in [0.4, 0.5) is 13.2 Å². The highest BCUT2D eigenvalue weighted by molar-refractivity contribution is 7.12. The summed E-state index contributed by atoms with van der Waals surface area (Å²) in [6.07, 6.45) is -2.66. The summed E-state index contributed by atoms with van der Waals surface area (Å²) >= 11 is 1.31. The van der Waals surface area contributed by atoms with Crippen molar-refractivity contribution in [1.29, 1.82) is 0 Å². The Morgan fingerprint density at radius 1 is 1.18 bits per heavy atom. The van der Waals surface area contributed by atoms with Gasteiger partial charge in [0.15, 0.2) is 0 Å². The summed E-state index contributed by atoms with van der Waals surface area (Å²) in [6, 6.07) is 7.60. The Hall–Kier alpha value is -2.02. The Bertz CT molecular complexity index is 675. The van der Waals surface area contributed by atoms with E-state index in [9.17, 15) is 18.0 Å². The zero-order chi connectivity index (χ0) is 15.7. The lowest BCUT2D eigenvalue weighted by atomic mass is 10.1. The van der Waals surface area contributed by atoms with Gasteiger partial charge in [-0.05, 0) is 47.5 Å². The van der Waals surface area contributed by atoms with E-state index in [2.05, 4.69) is 10.1 Å². The van der Waals surface area contributed by atoms with Crippen LogP contribution in [-0.2, 0) is 0 Å². The number of hydrogen-bond acceptors (Lipinski definition) is 3. The van der Waals surface area contributed by atoms with Crippen LogP contribution in [0.2, 0.25) is 0 Å². The molecule has 1 aromatic heterocycles. The molecule has 1 N–H and O–H groups in total. The molecule has 3 nitrogen and oxygen atoms in total. The van der Waals surface area contributed by atoms with E-state index in [1.165, 1.54) is 35.6 Å². The maximum absolute atomic E-state index is 12.1. The van der Waals surface area contributed by atoms with Gasteiger partial charge in [-0.15, -0.1) is 24.5 Å². The molecule has 0 aliphatic heterocycles. The molecular weight excluding hydrogens is 315 g/mol. The highest BCUT2D eigenvalue weighted by Crippen LogP contribution is 2.29. The third kappa shape index (κ3) is 3.79. The maximum Gasteiger partial charge on any atom is 0.573 e. The number of hydrogen-bond donors (Lipinski definition) is 1. The van der Waals surface area contributed by atoms with E-state index in [-0.39, 0.29) is 17.7 Å². The molecule has 1 heterocycles. The zero-order valence-corrected chi connectivity index (χ0v) is 12.1. The Labute approximate surface area is 128 Å². The van der Waals surface area contributed by atoms with Crippen molar-refractivity contribution in [3.63, 3.8) is 0 Å². The van der Waals surface area contributed by atoms with Crippen LogP contribution in [0.3, 0.4) is 0 Å². The number of rotatable bonds is 4. The first-order valence-corrected chi connectivity index (χ1v) is 7.54. The van der Waals surface area contributed by atoms with Gasteiger partial charge in [-0.2, -0.15) is 0 Å². The lowest BCUT2D eigenvalue weighted by molar-refractivity contribution is -0.274. The van der Waals surface area contributed by atoms with E-state index >= 15 is 0 Å². The molecule has 0 bridgehead atoms. The van der Waals surface area contributed by atoms with Crippen LogP contribution >= 0.6 is 11.3 Å². The highest BCUT2D eigenvalue weighted by Gasteiger charge is 2.31. The van der Waals surface area contributed by atoms with Crippen LogP contribution in [0, 0.1) is 0 Å². The van der Waals surface area contributed by atoms with Gasteiger partial charge >= 0.3 is 6.36 Å². The number of amides is 1. The third-order valence-corrected chi connectivity index (χ3v) is 4.09. The van der Waals surface area contributed by atoms with Crippen LogP contribution in [0.1, 0.15) is 22.5 Å². The lowest BCUT2D eigenvalue weighted by Crippen LogP contribution is -2.24. The van der Waals surface area contributed by atoms with Gasteiger partial charge in [0.2, 0.25) is 0 Å². The molecule has 7 heteroatoms. The van der Waals surface area contributed by atoms with Gasteiger partial charge in [0, 0.05) is 6.04 Å². The summed E-state index contributed by atoms with van der Waals surface area (Å²) in [5, 5.41) is 4.70. The molecule has 1 aliphatic carbocycles. The summed E-state index contributed by atoms with van der Waals surface area (Å²) in [7, 11) is 0. The molecule has 116 valence electrons. The predicted octanol–water partition coefficient (Wildman–Crippen LogP) is 4.21. The highest BCUT2D eigenvalue weighted by atomic mass is 32.1. The lowest BCUT2D eigenvalue weighted by Gasteiger charge is -2.08. The normalized spacial score (nSPS) is 14.7. The summed E-state index contributed by atoms with van der Waals surface area (Å²) < 4.78 is 40.1. The number of carbonyl (C=O) groups is 1. The minimum absolute atomic E-state index is 0.101. The second-order valence-corrected chi connectivity index (χ2v) is 5.93. The summed E-state index contributed by atoms with van der Waals surface area (Å²) in [5.74, 6) is -0.367. The van der Waals surface area contributed by atoms with E-state index in [0.29, 0.717) is 4.88 Å². The maximum atomic E-state index is 12.1. The first-order chi connectivity index (χ1) is 10.4. The van der Waals surface area contributed by atoms with Crippen molar-refractivity contribution in [1.82, 2.24) is 5.32 Å². The molecule has 0 unspecified atom stereocenters. The van der Waals surface area contributed by atoms with E-state index in [0.717, 1.165) is 24.0 Å². The van der Waals surface area contributed by atoms with Gasteiger partial charge in [0.05, 0.1) is 4.88 Å². The molecular formula is C15H12F3NO2S. The molecule has 1 saturated carbocycles. The molecule has 0 atom stereocenters. The first-order valence-electron chi connectivity index (χ1n) is 6.66. The second-order valence-electron chi connectivity index (χ2n) is 5.02. The van der Waals surface area contributed by atoms with E-state index < -0.39 is 6.36 Å². The van der Waals surface area contributed by atoms with Crippen molar-refractivity contribution < 1.29 is 22.7 Å². The average molecular weight is 327 g/mol. The molecule has 1 aliphatic rings. The fourth-order valence-electron chi connectivity index (χ4n) is 1.94. The number of alkyl halides is 3. The van der Waals surface area contributed by atoms with Crippen molar-refractivity contribution in [2.45, 2.75) is 25.2 Å². The van der Waals surface area contributed by atoms with E-state index in [1.54, 1.807) is 11.4 Å². The summed E-state index contributed by atoms with van der Waals surface area (Å²) in [5.41, 5.74) is 1.53. The Morgan fingerprint density at radius 3 is 2.45 bits per heavy atom. The van der Waals surface area contributed by atoms with Crippen LogP contribution < -0.4 is 10.1 Å². The molecule has 3 rings (SSSR count). The second kappa shape index (κ2) is 5.64.